The number of anilines is 1. The molecular formula is C14H12FN5O. The Hall–Kier alpha value is -2.96. The minimum absolute atomic E-state index is 0.246. The summed E-state index contributed by atoms with van der Waals surface area (Å²) in [6.07, 6.45) is 6.39. The Balaban J connectivity index is 1.83. The topological polar surface area (TPSA) is 62.5 Å². The minimum Gasteiger partial charge on any atom is -0.292 e. The van der Waals surface area contributed by atoms with Gasteiger partial charge in [0.1, 0.15) is 24.0 Å². The van der Waals surface area contributed by atoms with Crippen molar-refractivity contribution in [2.75, 3.05) is 12.0 Å². The van der Waals surface area contributed by atoms with Crippen molar-refractivity contribution in [2.24, 2.45) is 4.99 Å². The molecule has 2 heterocycles. The maximum absolute atomic E-state index is 13.8. The van der Waals surface area contributed by atoms with Crippen molar-refractivity contribution in [3.63, 3.8) is 0 Å². The molecule has 0 bridgehead atoms. The highest BCUT2D eigenvalue weighted by Gasteiger charge is 2.15. The zero-order valence-corrected chi connectivity index (χ0v) is 11.0. The van der Waals surface area contributed by atoms with Gasteiger partial charge in [-0.15, -0.1) is 0 Å². The highest BCUT2D eigenvalue weighted by atomic mass is 19.1. The number of aromatic nitrogens is 2. The fourth-order valence-corrected chi connectivity index (χ4v) is 1.91. The van der Waals surface area contributed by atoms with Crippen LogP contribution in [-0.2, 0) is 0 Å². The van der Waals surface area contributed by atoms with Crippen molar-refractivity contribution in [1.82, 2.24) is 14.7 Å². The van der Waals surface area contributed by atoms with E-state index in [-0.39, 0.29) is 18.4 Å². The van der Waals surface area contributed by atoms with Crippen molar-refractivity contribution in [3.8, 4) is 5.69 Å². The number of aliphatic imine (C=N–C) groups is 1. The van der Waals surface area contributed by atoms with Crippen molar-refractivity contribution < 1.29 is 9.18 Å². The SMILES string of the molecule is O=C(Nc1ccnn1-c1ccccc1F)N1C=CC=NC1. The Morgan fingerprint density at radius 1 is 1.29 bits per heavy atom. The number of amides is 2. The number of halogens is 1. The summed E-state index contributed by atoms with van der Waals surface area (Å²) in [6.45, 7) is 0.246. The summed E-state index contributed by atoms with van der Waals surface area (Å²) < 4.78 is 15.1. The number of benzene rings is 1. The number of para-hydroxylation sites is 1. The van der Waals surface area contributed by atoms with Crippen LogP contribution < -0.4 is 5.32 Å². The van der Waals surface area contributed by atoms with Gasteiger partial charge in [0.25, 0.3) is 0 Å². The van der Waals surface area contributed by atoms with Crippen molar-refractivity contribution in [2.45, 2.75) is 0 Å². The van der Waals surface area contributed by atoms with E-state index >= 15 is 0 Å². The van der Waals surface area contributed by atoms with Crippen LogP contribution in [0.1, 0.15) is 0 Å². The lowest BCUT2D eigenvalue weighted by Gasteiger charge is -2.18. The van der Waals surface area contributed by atoms with E-state index < -0.39 is 5.82 Å². The average Bonchev–Trinajstić information content (AvgIpc) is 2.96. The molecule has 1 aromatic carbocycles. The van der Waals surface area contributed by atoms with Crippen molar-refractivity contribution in [1.29, 1.82) is 0 Å². The van der Waals surface area contributed by atoms with Gasteiger partial charge >= 0.3 is 6.03 Å². The fourth-order valence-electron chi connectivity index (χ4n) is 1.91. The largest absolute Gasteiger partial charge is 0.328 e. The molecule has 2 amide bonds. The number of rotatable bonds is 2. The lowest BCUT2D eigenvalue weighted by molar-refractivity contribution is 0.229. The summed E-state index contributed by atoms with van der Waals surface area (Å²) in [4.78, 5) is 17.5. The number of urea groups is 1. The molecule has 7 heteroatoms. The average molecular weight is 285 g/mol. The van der Waals surface area contributed by atoms with E-state index in [1.807, 2.05) is 0 Å². The smallest absolute Gasteiger partial charge is 0.292 e. The van der Waals surface area contributed by atoms with Gasteiger partial charge in [0.15, 0.2) is 0 Å². The number of allylic oxidation sites excluding steroid dienone is 1. The Kier molecular flexibility index (Phi) is 3.46. The van der Waals surface area contributed by atoms with Gasteiger partial charge in [0.05, 0.1) is 6.20 Å². The molecule has 1 N–H and O–H groups in total. The molecular weight excluding hydrogens is 273 g/mol. The number of nitrogens with one attached hydrogen (secondary N) is 1. The minimum atomic E-state index is -0.417. The molecule has 1 aliphatic rings. The van der Waals surface area contributed by atoms with E-state index in [1.165, 1.54) is 21.8 Å². The van der Waals surface area contributed by atoms with Gasteiger partial charge in [-0.2, -0.15) is 5.10 Å². The first kappa shape index (κ1) is 13.0. The van der Waals surface area contributed by atoms with Gasteiger partial charge in [-0.3, -0.25) is 15.2 Å². The number of hydrogen-bond acceptors (Lipinski definition) is 3. The molecule has 0 saturated carbocycles. The van der Waals surface area contributed by atoms with Crippen molar-refractivity contribution >= 4 is 18.1 Å². The van der Waals surface area contributed by atoms with Gasteiger partial charge in [0, 0.05) is 18.5 Å². The molecule has 0 aliphatic carbocycles. The second kappa shape index (κ2) is 5.58. The summed E-state index contributed by atoms with van der Waals surface area (Å²) >= 11 is 0. The van der Waals surface area contributed by atoms with Crippen LogP contribution in [0.2, 0.25) is 0 Å². The van der Waals surface area contributed by atoms with Gasteiger partial charge in [0.2, 0.25) is 0 Å². The third-order valence-electron chi connectivity index (χ3n) is 2.91. The molecule has 3 rings (SSSR count). The van der Waals surface area contributed by atoms with Crippen molar-refractivity contribution in [3.05, 3.63) is 54.6 Å². The van der Waals surface area contributed by atoms with E-state index in [2.05, 4.69) is 15.4 Å². The summed E-state index contributed by atoms with van der Waals surface area (Å²) in [6, 6.07) is 7.46. The summed E-state index contributed by atoms with van der Waals surface area (Å²) in [7, 11) is 0. The summed E-state index contributed by atoms with van der Waals surface area (Å²) in [5.41, 5.74) is 0.269. The third-order valence-corrected chi connectivity index (χ3v) is 2.91. The summed E-state index contributed by atoms with van der Waals surface area (Å²) in [5, 5.41) is 6.72. The Morgan fingerprint density at radius 2 is 2.14 bits per heavy atom. The zero-order chi connectivity index (χ0) is 14.7. The monoisotopic (exact) mass is 285 g/mol. The van der Waals surface area contributed by atoms with Crippen LogP contribution in [0.25, 0.3) is 5.69 Å². The Labute approximate surface area is 120 Å². The lowest BCUT2D eigenvalue weighted by atomic mass is 10.3. The molecule has 6 nitrogen and oxygen atoms in total. The summed E-state index contributed by atoms with van der Waals surface area (Å²) in [5.74, 6) is -0.0350. The molecule has 1 aromatic heterocycles. The van der Waals surface area contributed by atoms with Crippen LogP contribution in [0, 0.1) is 5.82 Å². The standard InChI is InChI=1S/C14H12FN5O/c15-11-4-1-2-5-12(11)20-13(6-8-17-20)18-14(21)19-9-3-7-16-10-19/h1-9H,10H2,(H,18,21). The molecule has 0 unspecified atom stereocenters. The highest BCUT2D eigenvalue weighted by molar-refractivity contribution is 5.90. The first-order valence-corrected chi connectivity index (χ1v) is 6.29. The molecule has 0 saturated heterocycles. The Morgan fingerprint density at radius 3 is 2.90 bits per heavy atom. The first-order valence-electron chi connectivity index (χ1n) is 6.29. The van der Waals surface area contributed by atoms with Crippen LogP contribution in [0.5, 0.6) is 0 Å². The van der Waals surface area contributed by atoms with Crippen LogP contribution in [0.3, 0.4) is 0 Å². The maximum atomic E-state index is 13.8. The van der Waals surface area contributed by atoms with Gasteiger partial charge in [-0.1, -0.05) is 12.1 Å². The van der Waals surface area contributed by atoms with Crippen LogP contribution in [-0.4, -0.2) is 33.6 Å². The molecule has 0 spiro atoms. The fraction of sp³-hybridized carbons (Fsp3) is 0.0714. The number of nitrogens with zero attached hydrogens (tertiary/aromatic N) is 4. The predicted molar refractivity (Wildman–Crippen MR) is 76.9 cm³/mol. The molecule has 0 atom stereocenters. The zero-order valence-electron chi connectivity index (χ0n) is 11.0. The van der Waals surface area contributed by atoms with Gasteiger partial charge in [-0.25, -0.2) is 13.9 Å². The lowest BCUT2D eigenvalue weighted by Crippen LogP contribution is -2.32. The molecule has 0 radical (unpaired) electrons. The molecule has 0 fully saturated rings. The van der Waals surface area contributed by atoms with Gasteiger partial charge < -0.3 is 0 Å². The first-order chi connectivity index (χ1) is 10.3. The number of hydrogen-bond donors (Lipinski definition) is 1. The molecule has 1 aliphatic heterocycles. The molecule has 106 valence electrons. The highest BCUT2D eigenvalue weighted by Crippen LogP contribution is 2.18. The van der Waals surface area contributed by atoms with Crippen LogP contribution in [0.4, 0.5) is 15.0 Å². The Bertz CT molecular complexity index is 722. The quantitative estimate of drug-likeness (QED) is 0.921. The maximum Gasteiger partial charge on any atom is 0.328 e. The van der Waals surface area contributed by atoms with E-state index in [0.29, 0.717) is 5.82 Å². The molecule has 2 aromatic rings. The van der Waals surface area contributed by atoms with E-state index in [4.69, 9.17) is 0 Å². The second-order valence-corrected chi connectivity index (χ2v) is 4.29. The number of carbonyl (C=O) groups is 1. The molecule has 21 heavy (non-hydrogen) atoms. The van der Waals surface area contributed by atoms with Crippen LogP contribution >= 0.6 is 0 Å². The number of carbonyl (C=O) groups excluding carboxylic acids is 1. The van der Waals surface area contributed by atoms with E-state index in [9.17, 15) is 9.18 Å². The second-order valence-electron chi connectivity index (χ2n) is 4.29. The van der Waals surface area contributed by atoms with Gasteiger partial charge in [-0.05, 0) is 18.2 Å². The van der Waals surface area contributed by atoms with Crippen LogP contribution in [0.15, 0.2) is 53.8 Å². The predicted octanol–water partition coefficient (Wildman–Crippen LogP) is 2.40. The third kappa shape index (κ3) is 2.66. The van der Waals surface area contributed by atoms with E-state index in [1.54, 1.807) is 42.8 Å². The normalized spacial score (nSPS) is 13.5. The van der Waals surface area contributed by atoms with E-state index in [0.717, 1.165) is 0 Å².